The normalized spacial score (nSPS) is 25.2. The molecule has 1 fully saturated rings. The molecule has 1 aliphatic heterocycles. The van der Waals surface area contributed by atoms with Crippen LogP contribution >= 0.6 is 20.5 Å². The fraction of sp³-hybridized carbons (Fsp3) is 1.00. The van der Waals surface area contributed by atoms with Gasteiger partial charge in [-0.3, -0.25) is 8.87 Å². The van der Waals surface area contributed by atoms with Gasteiger partial charge in [0, 0.05) is 26.2 Å². The first kappa shape index (κ1) is 12.4. The maximum Gasteiger partial charge on any atom is 0.378 e. The van der Waals surface area contributed by atoms with Gasteiger partial charge < -0.3 is 0 Å². The third kappa shape index (κ3) is 2.48. The van der Waals surface area contributed by atoms with Gasteiger partial charge in [-0.25, -0.2) is 9.34 Å². The van der Waals surface area contributed by atoms with Crippen molar-refractivity contribution in [3.8, 4) is 0 Å². The number of hydrogen-bond acceptors (Lipinski definition) is 4. The molecule has 8 heteroatoms. The lowest BCUT2D eigenvalue weighted by Gasteiger charge is -2.36. The van der Waals surface area contributed by atoms with E-state index in [9.17, 15) is 9.09 Å². The highest BCUT2D eigenvalue weighted by atomic mass is 32.1. The molecule has 1 unspecified atom stereocenters. The molecule has 0 aliphatic carbocycles. The lowest BCUT2D eigenvalue weighted by molar-refractivity contribution is -0.0271. The Morgan fingerprint density at radius 1 is 1.36 bits per heavy atom. The minimum Gasteiger partial charge on any atom is -0.253 e. The SMILES string of the molecule is CN(C)P(=O)(OF)N1CCN(S)CC1. The van der Waals surface area contributed by atoms with E-state index >= 15 is 0 Å². The predicted molar refractivity (Wildman–Crippen MR) is 55.6 cm³/mol. The number of nitrogens with zero attached hydrogens (tertiary/aromatic N) is 3. The van der Waals surface area contributed by atoms with Crippen LogP contribution in [0, 0.1) is 0 Å². The first-order chi connectivity index (χ1) is 6.50. The number of piperazine rings is 1. The maximum absolute atomic E-state index is 12.3. The second-order valence-corrected chi connectivity index (χ2v) is 6.36. The zero-order chi connectivity index (χ0) is 10.8. The summed E-state index contributed by atoms with van der Waals surface area (Å²) in [5.74, 6) is 0. The van der Waals surface area contributed by atoms with Crippen molar-refractivity contribution in [2.24, 2.45) is 0 Å². The Morgan fingerprint density at radius 3 is 2.21 bits per heavy atom. The molecule has 0 aromatic rings. The van der Waals surface area contributed by atoms with Gasteiger partial charge in [0.2, 0.25) is 0 Å². The maximum atomic E-state index is 12.3. The van der Waals surface area contributed by atoms with Crippen LogP contribution in [0.1, 0.15) is 0 Å². The second kappa shape index (κ2) is 4.92. The van der Waals surface area contributed by atoms with Crippen molar-refractivity contribution in [1.29, 1.82) is 0 Å². The van der Waals surface area contributed by atoms with Crippen molar-refractivity contribution in [3.05, 3.63) is 0 Å². The lowest BCUT2D eigenvalue weighted by atomic mass is 10.4. The monoisotopic (exact) mass is 243 g/mol. The molecule has 1 saturated heterocycles. The van der Waals surface area contributed by atoms with Crippen molar-refractivity contribution >= 4 is 20.5 Å². The van der Waals surface area contributed by atoms with E-state index in [1.54, 1.807) is 4.31 Å². The number of halogens is 1. The van der Waals surface area contributed by atoms with E-state index in [1.807, 2.05) is 0 Å². The molecular formula is C6H15FN3O2PS. The minimum absolute atomic E-state index is 0.489. The standard InChI is InChI=1S/C6H15FN3O2PS/c1-8(2)13(11,12-7)9-3-5-10(14)6-4-9/h14H,3-6H2,1-2H3. The van der Waals surface area contributed by atoms with Crippen molar-refractivity contribution in [2.75, 3.05) is 40.3 Å². The van der Waals surface area contributed by atoms with E-state index in [4.69, 9.17) is 0 Å². The molecule has 0 radical (unpaired) electrons. The zero-order valence-electron chi connectivity index (χ0n) is 8.26. The Balaban J connectivity index is 2.67. The Hall–Kier alpha value is 0.350. The lowest BCUT2D eigenvalue weighted by Crippen LogP contribution is -2.42. The molecular weight excluding hydrogens is 228 g/mol. The first-order valence-corrected chi connectivity index (χ1v) is 6.21. The van der Waals surface area contributed by atoms with Crippen LogP contribution in [0.15, 0.2) is 0 Å². The Kier molecular flexibility index (Phi) is 4.36. The molecule has 1 aliphatic rings. The van der Waals surface area contributed by atoms with Crippen molar-refractivity contribution in [1.82, 2.24) is 13.6 Å². The van der Waals surface area contributed by atoms with Gasteiger partial charge in [0.15, 0.2) is 0 Å². The Labute approximate surface area is 88.8 Å². The number of hydrogen-bond donors (Lipinski definition) is 1. The quantitative estimate of drug-likeness (QED) is 0.591. The van der Waals surface area contributed by atoms with Crippen LogP contribution < -0.4 is 0 Å². The summed E-state index contributed by atoms with van der Waals surface area (Å²) in [4.78, 5) is 0. The van der Waals surface area contributed by atoms with Crippen molar-refractivity contribution < 1.29 is 13.8 Å². The summed E-state index contributed by atoms with van der Waals surface area (Å²) in [5.41, 5.74) is 0. The molecule has 84 valence electrons. The topological polar surface area (TPSA) is 36.0 Å². The van der Waals surface area contributed by atoms with Gasteiger partial charge in [-0.05, 0) is 18.6 Å². The molecule has 1 rings (SSSR count). The average Bonchev–Trinajstić information content (AvgIpc) is 2.17. The summed E-state index contributed by atoms with van der Waals surface area (Å²) < 4.78 is 32.5. The predicted octanol–water partition coefficient (Wildman–Crippen LogP) is 1.02. The smallest absolute Gasteiger partial charge is 0.253 e. The molecule has 0 aromatic carbocycles. The van der Waals surface area contributed by atoms with Gasteiger partial charge in [-0.1, -0.05) is 12.8 Å². The molecule has 1 atom stereocenters. The average molecular weight is 243 g/mol. The van der Waals surface area contributed by atoms with Crippen molar-refractivity contribution in [3.63, 3.8) is 0 Å². The summed E-state index contributed by atoms with van der Waals surface area (Å²) in [5, 5.41) is 0. The Morgan fingerprint density at radius 2 is 1.86 bits per heavy atom. The minimum atomic E-state index is -3.43. The van der Waals surface area contributed by atoms with Crippen LogP contribution in [0.2, 0.25) is 0 Å². The third-order valence-corrected chi connectivity index (χ3v) is 4.89. The summed E-state index contributed by atoms with van der Waals surface area (Å²) in [7, 11) is -0.364. The number of rotatable bonds is 3. The second-order valence-electron chi connectivity index (χ2n) is 3.31. The van der Waals surface area contributed by atoms with Gasteiger partial charge in [-0.2, -0.15) is 0 Å². The molecule has 0 aromatic heterocycles. The highest BCUT2D eigenvalue weighted by Gasteiger charge is 2.37. The summed E-state index contributed by atoms with van der Waals surface area (Å²) in [6, 6.07) is 0. The van der Waals surface area contributed by atoms with E-state index in [0.29, 0.717) is 26.2 Å². The molecule has 1 heterocycles. The Bertz CT molecular complexity index is 235. The summed E-state index contributed by atoms with van der Waals surface area (Å²) >= 11 is 4.15. The van der Waals surface area contributed by atoms with Crippen LogP contribution in [0.5, 0.6) is 0 Å². The van der Waals surface area contributed by atoms with E-state index < -0.39 is 7.67 Å². The fourth-order valence-corrected chi connectivity index (χ4v) is 2.88. The van der Waals surface area contributed by atoms with E-state index in [2.05, 4.69) is 17.5 Å². The largest absolute Gasteiger partial charge is 0.378 e. The molecule has 0 spiro atoms. The first-order valence-electron chi connectivity index (χ1n) is 4.28. The van der Waals surface area contributed by atoms with E-state index in [-0.39, 0.29) is 0 Å². The van der Waals surface area contributed by atoms with Gasteiger partial charge in [-0.15, -0.1) is 4.73 Å². The summed E-state index contributed by atoms with van der Waals surface area (Å²) in [6.45, 7) is 2.26. The molecule has 0 bridgehead atoms. The van der Waals surface area contributed by atoms with Gasteiger partial charge >= 0.3 is 7.67 Å². The molecule has 14 heavy (non-hydrogen) atoms. The van der Waals surface area contributed by atoms with Crippen molar-refractivity contribution in [2.45, 2.75) is 0 Å². The molecule has 0 N–H and O–H groups in total. The van der Waals surface area contributed by atoms with Gasteiger partial charge in [0.1, 0.15) is 0 Å². The van der Waals surface area contributed by atoms with E-state index in [0.717, 1.165) is 0 Å². The van der Waals surface area contributed by atoms with Crippen LogP contribution in [0.25, 0.3) is 0 Å². The molecule has 5 nitrogen and oxygen atoms in total. The highest BCUT2D eigenvalue weighted by Crippen LogP contribution is 2.53. The fourth-order valence-electron chi connectivity index (χ4n) is 1.30. The van der Waals surface area contributed by atoms with Gasteiger partial charge in [0.05, 0.1) is 0 Å². The summed E-state index contributed by atoms with van der Waals surface area (Å²) in [6.07, 6.45) is 0. The number of thiol groups is 1. The van der Waals surface area contributed by atoms with Gasteiger partial charge in [0.25, 0.3) is 0 Å². The zero-order valence-corrected chi connectivity index (χ0v) is 10.0. The van der Waals surface area contributed by atoms with Crippen LogP contribution in [-0.4, -0.2) is 53.9 Å². The third-order valence-electron chi connectivity index (χ3n) is 2.19. The van der Waals surface area contributed by atoms with Crippen LogP contribution in [0.4, 0.5) is 4.53 Å². The van der Waals surface area contributed by atoms with Crippen LogP contribution in [0.3, 0.4) is 0 Å². The molecule has 0 amide bonds. The molecule has 0 saturated carbocycles. The van der Waals surface area contributed by atoms with E-state index in [1.165, 1.54) is 23.4 Å². The van der Waals surface area contributed by atoms with Crippen LogP contribution in [-0.2, 0) is 9.29 Å². The highest BCUT2D eigenvalue weighted by molar-refractivity contribution is 7.77.